The van der Waals surface area contributed by atoms with Gasteiger partial charge in [0.25, 0.3) is 0 Å². The molecule has 0 aromatic carbocycles. The van der Waals surface area contributed by atoms with E-state index in [1.165, 1.54) is 21.0 Å². The molecule has 0 unspecified atom stereocenters. The summed E-state index contributed by atoms with van der Waals surface area (Å²) in [4.78, 5) is 4.28. The van der Waals surface area contributed by atoms with Crippen molar-refractivity contribution in [2.75, 3.05) is 7.11 Å². The van der Waals surface area contributed by atoms with Gasteiger partial charge in [0.2, 0.25) is 0 Å². The standard InChI is InChI=1S/C5H9F3O3S/c1-4(2,9-3)10-11-12-5(6,7)8/h1-3H3. The Morgan fingerprint density at radius 1 is 1.17 bits per heavy atom. The molecule has 0 heterocycles. The molecule has 0 amide bonds. The number of alkyl halides is 3. The molecule has 0 rings (SSSR count). The number of ether oxygens (including phenoxy) is 1. The molecule has 0 fully saturated rings. The van der Waals surface area contributed by atoms with Gasteiger partial charge in [0.1, 0.15) is 12.0 Å². The lowest BCUT2D eigenvalue weighted by Crippen LogP contribution is -2.26. The summed E-state index contributed by atoms with van der Waals surface area (Å²) < 4.78 is 42.8. The molecule has 7 heteroatoms. The molecule has 0 saturated carbocycles. The Kier molecular flexibility index (Phi) is 4.32. The molecule has 0 aliphatic rings. The van der Waals surface area contributed by atoms with E-state index >= 15 is 0 Å². The highest BCUT2D eigenvalue weighted by Crippen LogP contribution is 2.32. The third-order valence-electron chi connectivity index (χ3n) is 0.855. The van der Waals surface area contributed by atoms with Crippen LogP contribution >= 0.6 is 12.0 Å². The van der Waals surface area contributed by atoms with Crippen LogP contribution in [0.15, 0.2) is 0 Å². The predicted octanol–water partition coefficient (Wildman–Crippen LogP) is 2.49. The lowest BCUT2D eigenvalue weighted by atomic mass is 10.4. The zero-order valence-electron chi connectivity index (χ0n) is 6.77. The monoisotopic (exact) mass is 206 g/mol. The Labute approximate surface area is 72.3 Å². The van der Waals surface area contributed by atoms with Crippen LogP contribution in [0.3, 0.4) is 0 Å². The molecule has 0 aromatic heterocycles. The molecule has 74 valence electrons. The van der Waals surface area contributed by atoms with Crippen LogP contribution in [0.25, 0.3) is 0 Å². The Bertz CT molecular complexity index is 136. The van der Waals surface area contributed by atoms with Crippen LogP contribution in [-0.2, 0) is 14.0 Å². The molecule has 0 atom stereocenters. The molecular formula is C5H9F3O3S. The van der Waals surface area contributed by atoms with Crippen LogP contribution in [0.2, 0.25) is 0 Å². The summed E-state index contributed by atoms with van der Waals surface area (Å²) in [6, 6.07) is 0. The van der Waals surface area contributed by atoms with Gasteiger partial charge in [-0.15, -0.1) is 0 Å². The van der Waals surface area contributed by atoms with Gasteiger partial charge < -0.3 is 4.74 Å². The Balaban J connectivity index is 3.57. The summed E-state index contributed by atoms with van der Waals surface area (Å²) in [5, 5.41) is 0. The van der Waals surface area contributed by atoms with Gasteiger partial charge in [-0.05, 0) is 13.8 Å². The summed E-state index contributed by atoms with van der Waals surface area (Å²) in [5.41, 5.74) is -4.47. The molecular weight excluding hydrogens is 197 g/mol. The molecule has 0 bridgehead atoms. The van der Waals surface area contributed by atoms with Gasteiger partial charge in [-0.2, -0.15) is 22.4 Å². The first-order valence-corrected chi connectivity index (χ1v) is 3.66. The second-order valence-corrected chi connectivity index (χ2v) is 3.05. The Morgan fingerprint density at radius 3 is 2.00 bits per heavy atom. The molecule has 0 spiro atoms. The van der Waals surface area contributed by atoms with Crippen LogP contribution in [0, 0.1) is 0 Å². The average Bonchev–Trinajstić information content (AvgIpc) is 1.84. The summed E-state index contributed by atoms with van der Waals surface area (Å²) in [6.45, 7) is 2.84. The Morgan fingerprint density at radius 2 is 1.67 bits per heavy atom. The molecule has 0 N–H and O–H groups in total. The summed E-state index contributed by atoms with van der Waals surface area (Å²) >= 11 is -0.726. The minimum atomic E-state index is -4.47. The summed E-state index contributed by atoms with van der Waals surface area (Å²) in [5.74, 6) is -1.18. The summed E-state index contributed by atoms with van der Waals surface area (Å²) in [6.07, 6.45) is 0. The van der Waals surface area contributed by atoms with E-state index in [4.69, 9.17) is 0 Å². The zero-order valence-corrected chi connectivity index (χ0v) is 7.58. The minimum Gasteiger partial charge on any atom is -0.351 e. The fourth-order valence-electron chi connectivity index (χ4n) is 0.172. The largest absolute Gasteiger partial charge is 0.470 e. The van der Waals surface area contributed by atoms with E-state index in [0.717, 1.165) is 0 Å². The van der Waals surface area contributed by atoms with E-state index in [-0.39, 0.29) is 0 Å². The maximum Gasteiger partial charge on any atom is 0.470 e. The fraction of sp³-hybridized carbons (Fsp3) is 1.00. The maximum atomic E-state index is 11.5. The number of hydrogen-bond acceptors (Lipinski definition) is 4. The van der Waals surface area contributed by atoms with Crippen molar-refractivity contribution in [3.05, 3.63) is 0 Å². The minimum absolute atomic E-state index is 0.726. The van der Waals surface area contributed by atoms with Crippen molar-refractivity contribution in [2.24, 2.45) is 0 Å². The smallest absolute Gasteiger partial charge is 0.351 e. The molecule has 0 saturated heterocycles. The maximum absolute atomic E-state index is 11.5. The second-order valence-electron chi connectivity index (χ2n) is 2.28. The van der Waals surface area contributed by atoms with Gasteiger partial charge >= 0.3 is 5.51 Å². The van der Waals surface area contributed by atoms with Crippen molar-refractivity contribution < 1.29 is 27.1 Å². The third kappa shape index (κ3) is 6.71. The van der Waals surface area contributed by atoms with Gasteiger partial charge in [0.05, 0.1) is 0 Å². The second kappa shape index (κ2) is 4.31. The number of rotatable bonds is 4. The molecule has 12 heavy (non-hydrogen) atoms. The van der Waals surface area contributed by atoms with Crippen LogP contribution in [0.5, 0.6) is 0 Å². The van der Waals surface area contributed by atoms with Crippen molar-refractivity contribution in [1.29, 1.82) is 0 Å². The van der Waals surface area contributed by atoms with E-state index in [1.54, 1.807) is 0 Å². The highest BCUT2D eigenvalue weighted by molar-refractivity contribution is 7.95. The van der Waals surface area contributed by atoms with Gasteiger partial charge in [-0.25, -0.2) is 0 Å². The summed E-state index contributed by atoms with van der Waals surface area (Å²) in [7, 11) is 1.29. The normalized spacial score (nSPS) is 13.5. The van der Waals surface area contributed by atoms with Crippen LogP contribution in [0.4, 0.5) is 13.2 Å². The van der Waals surface area contributed by atoms with E-state index in [1.807, 2.05) is 0 Å². The predicted molar refractivity (Wildman–Crippen MR) is 36.9 cm³/mol. The van der Waals surface area contributed by atoms with E-state index in [9.17, 15) is 13.2 Å². The lowest BCUT2D eigenvalue weighted by molar-refractivity contribution is -0.355. The number of halogens is 3. The van der Waals surface area contributed by atoms with Crippen molar-refractivity contribution in [3.8, 4) is 0 Å². The van der Waals surface area contributed by atoms with Crippen LogP contribution in [-0.4, -0.2) is 18.4 Å². The van der Waals surface area contributed by atoms with Crippen LogP contribution in [0.1, 0.15) is 13.8 Å². The van der Waals surface area contributed by atoms with Crippen LogP contribution < -0.4 is 0 Å². The molecule has 0 radical (unpaired) electrons. The zero-order chi connectivity index (χ0) is 9.83. The molecule has 3 nitrogen and oxygen atoms in total. The van der Waals surface area contributed by atoms with Gasteiger partial charge in [-0.1, -0.05) is 0 Å². The SMILES string of the molecule is COC(C)(C)OOSC(F)(F)F. The topological polar surface area (TPSA) is 27.7 Å². The number of methoxy groups -OCH3 is 1. The molecule has 0 aromatic rings. The fourth-order valence-corrected chi connectivity index (χ4v) is 0.447. The van der Waals surface area contributed by atoms with Crippen molar-refractivity contribution in [1.82, 2.24) is 0 Å². The highest BCUT2D eigenvalue weighted by Gasteiger charge is 2.32. The van der Waals surface area contributed by atoms with Gasteiger partial charge in [0, 0.05) is 7.11 Å². The van der Waals surface area contributed by atoms with E-state index in [0.29, 0.717) is 0 Å². The first kappa shape index (κ1) is 12.0. The quantitative estimate of drug-likeness (QED) is 0.305. The first-order chi connectivity index (χ1) is 5.27. The van der Waals surface area contributed by atoms with Crippen molar-refractivity contribution in [2.45, 2.75) is 25.1 Å². The molecule has 0 aliphatic heterocycles. The van der Waals surface area contributed by atoms with Gasteiger partial charge in [0.15, 0.2) is 5.79 Å². The van der Waals surface area contributed by atoms with Crippen molar-refractivity contribution in [3.63, 3.8) is 0 Å². The Hall–Kier alpha value is 0.0200. The lowest BCUT2D eigenvalue weighted by Gasteiger charge is -2.20. The van der Waals surface area contributed by atoms with Crippen molar-refractivity contribution >= 4 is 12.0 Å². The highest BCUT2D eigenvalue weighted by atomic mass is 32.2. The third-order valence-corrected chi connectivity index (χ3v) is 1.18. The molecule has 0 aliphatic carbocycles. The average molecular weight is 206 g/mol. The first-order valence-electron chi connectivity index (χ1n) is 2.92. The van der Waals surface area contributed by atoms with Gasteiger partial charge in [-0.3, -0.25) is 0 Å². The van der Waals surface area contributed by atoms with E-state index < -0.39 is 23.3 Å². The number of hydrogen-bond donors (Lipinski definition) is 0. The van der Waals surface area contributed by atoms with E-state index in [2.05, 4.69) is 14.0 Å².